The molecule has 0 aromatic heterocycles. The lowest BCUT2D eigenvalue weighted by Crippen LogP contribution is -2.53. The Morgan fingerprint density at radius 3 is 2.25 bits per heavy atom. The van der Waals surface area contributed by atoms with Crippen LogP contribution in [-0.4, -0.2) is 43.8 Å². The maximum atomic E-state index is 14.1. The maximum absolute atomic E-state index is 14.1. The molecule has 0 unspecified atom stereocenters. The zero-order chi connectivity index (χ0) is 29.4. The van der Waals surface area contributed by atoms with Crippen molar-refractivity contribution in [2.75, 3.05) is 10.8 Å². The standard InChI is InChI=1S/C29H32BrCl2N3O4S/c1-4-20(3)33-29(37)27(5-2)34(18-21-14-15-23(31)17-26(21)32)28(36)19-35(24-11-9-10-22(30)16-24)40(38,39)25-12-7-6-8-13-25/h6-17,20,27H,4-5,18-19H2,1-3H3,(H,33,37)/t20-,27+/m0/s1. The molecule has 1 N–H and O–H groups in total. The van der Waals surface area contributed by atoms with Crippen LogP contribution in [0, 0.1) is 0 Å². The Labute approximate surface area is 254 Å². The van der Waals surface area contributed by atoms with E-state index in [0.717, 1.165) is 4.31 Å². The zero-order valence-electron chi connectivity index (χ0n) is 22.5. The molecular formula is C29H32BrCl2N3O4S. The van der Waals surface area contributed by atoms with Gasteiger partial charge in [0.1, 0.15) is 12.6 Å². The van der Waals surface area contributed by atoms with Crippen LogP contribution in [0.3, 0.4) is 0 Å². The summed E-state index contributed by atoms with van der Waals surface area (Å²) in [4.78, 5) is 28.9. The maximum Gasteiger partial charge on any atom is 0.264 e. The Bertz CT molecular complexity index is 1440. The smallest absolute Gasteiger partial charge is 0.264 e. The van der Waals surface area contributed by atoms with Gasteiger partial charge < -0.3 is 10.2 Å². The molecule has 0 heterocycles. The number of rotatable bonds is 12. The second-order valence-electron chi connectivity index (χ2n) is 9.30. The minimum Gasteiger partial charge on any atom is -0.352 e. The third-order valence-electron chi connectivity index (χ3n) is 6.45. The average molecular weight is 669 g/mol. The van der Waals surface area contributed by atoms with Crippen molar-refractivity contribution in [2.45, 2.75) is 57.1 Å². The highest BCUT2D eigenvalue weighted by Gasteiger charge is 2.34. The summed E-state index contributed by atoms with van der Waals surface area (Å²) < 4.78 is 29.4. The highest BCUT2D eigenvalue weighted by atomic mass is 79.9. The number of benzene rings is 3. The molecule has 0 fully saturated rings. The number of anilines is 1. The van der Waals surface area contributed by atoms with Gasteiger partial charge in [0, 0.05) is 27.1 Å². The number of amides is 2. The van der Waals surface area contributed by atoms with Gasteiger partial charge in [-0.15, -0.1) is 0 Å². The first-order valence-electron chi connectivity index (χ1n) is 12.8. The van der Waals surface area contributed by atoms with Crippen molar-refractivity contribution in [1.82, 2.24) is 10.2 Å². The molecule has 0 spiro atoms. The van der Waals surface area contributed by atoms with Crippen molar-refractivity contribution in [2.24, 2.45) is 0 Å². The SMILES string of the molecule is CC[C@H](C(=O)N[C@@H](C)CC)N(Cc1ccc(Cl)cc1Cl)C(=O)CN(c1cccc(Br)c1)S(=O)(=O)c1ccccc1. The van der Waals surface area contributed by atoms with E-state index in [1.165, 1.54) is 17.0 Å². The van der Waals surface area contributed by atoms with Gasteiger partial charge in [0.25, 0.3) is 10.0 Å². The van der Waals surface area contributed by atoms with Gasteiger partial charge in [-0.3, -0.25) is 13.9 Å². The minimum atomic E-state index is -4.14. The Balaban J connectivity index is 2.07. The first kappa shape index (κ1) is 31.9. The van der Waals surface area contributed by atoms with E-state index in [9.17, 15) is 18.0 Å². The predicted molar refractivity (Wildman–Crippen MR) is 164 cm³/mol. The fraction of sp³-hybridized carbons (Fsp3) is 0.310. The van der Waals surface area contributed by atoms with Crippen molar-refractivity contribution >= 4 is 66.7 Å². The number of hydrogen-bond acceptors (Lipinski definition) is 4. The molecule has 0 radical (unpaired) electrons. The third kappa shape index (κ3) is 8.00. The van der Waals surface area contributed by atoms with E-state index in [-0.39, 0.29) is 23.4 Å². The largest absolute Gasteiger partial charge is 0.352 e. The van der Waals surface area contributed by atoms with Crippen molar-refractivity contribution in [3.8, 4) is 0 Å². The van der Waals surface area contributed by atoms with Crippen LogP contribution in [-0.2, 0) is 26.2 Å². The van der Waals surface area contributed by atoms with Crippen LogP contribution < -0.4 is 9.62 Å². The molecule has 40 heavy (non-hydrogen) atoms. The van der Waals surface area contributed by atoms with Crippen LogP contribution in [0.4, 0.5) is 5.69 Å². The normalized spacial score (nSPS) is 12.8. The molecule has 3 aromatic rings. The molecule has 3 rings (SSSR count). The lowest BCUT2D eigenvalue weighted by molar-refractivity contribution is -0.140. The van der Waals surface area contributed by atoms with Gasteiger partial charge in [-0.05, 0) is 67.8 Å². The first-order valence-corrected chi connectivity index (χ1v) is 15.8. The topological polar surface area (TPSA) is 86.8 Å². The second kappa shape index (κ2) is 14.3. The number of carbonyl (C=O) groups excluding carboxylic acids is 2. The molecule has 0 aliphatic rings. The van der Waals surface area contributed by atoms with Crippen LogP contribution in [0.5, 0.6) is 0 Å². The van der Waals surface area contributed by atoms with E-state index in [4.69, 9.17) is 23.2 Å². The van der Waals surface area contributed by atoms with Crippen LogP contribution in [0.15, 0.2) is 82.2 Å². The van der Waals surface area contributed by atoms with Gasteiger partial charge in [0.05, 0.1) is 10.6 Å². The number of halogens is 3. The summed E-state index contributed by atoms with van der Waals surface area (Å²) in [6, 6.07) is 18.5. The monoisotopic (exact) mass is 667 g/mol. The Morgan fingerprint density at radius 2 is 1.65 bits per heavy atom. The summed E-state index contributed by atoms with van der Waals surface area (Å²) in [7, 11) is -4.14. The van der Waals surface area contributed by atoms with Crippen LogP contribution in [0.25, 0.3) is 0 Å². The third-order valence-corrected chi connectivity index (χ3v) is 9.32. The number of sulfonamides is 1. The van der Waals surface area contributed by atoms with E-state index < -0.39 is 28.5 Å². The molecule has 0 saturated carbocycles. The highest BCUT2D eigenvalue weighted by Crippen LogP contribution is 2.28. The quantitative estimate of drug-likeness (QED) is 0.234. The van der Waals surface area contributed by atoms with Gasteiger partial charge in [-0.25, -0.2) is 8.42 Å². The van der Waals surface area contributed by atoms with Gasteiger partial charge in [0.15, 0.2) is 0 Å². The minimum absolute atomic E-state index is 0.0149. The summed E-state index contributed by atoms with van der Waals surface area (Å²) in [6.45, 7) is 5.09. The summed E-state index contributed by atoms with van der Waals surface area (Å²) >= 11 is 15.9. The molecular weight excluding hydrogens is 637 g/mol. The van der Waals surface area contributed by atoms with E-state index in [1.54, 1.807) is 67.6 Å². The number of hydrogen-bond donors (Lipinski definition) is 1. The van der Waals surface area contributed by atoms with Gasteiger partial charge in [0.2, 0.25) is 11.8 Å². The summed E-state index contributed by atoms with van der Waals surface area (Å²) in [5.74, 6) is -0.883. The van der Waals surface area contributed by atoms with Gasteiger partial charge >= 0.3 is 0 Å². The fourth-order valence-electron chi connectivity index (χ4n) is 4.07. The zero-order valence-corrected chi connectivity index (χ0v) is 26.4. The molecule has 7 nitrogen and oxygen atoms in total. The Hall–Kier alpha value is -2.59. The van der Waals surface area contributed by atoms with Crippen LogP contribution >= 0.6 is 39.1 Å². The lowest BCUT2D eigenvalue weighted by atomic mass is 10.1. The summed E-state index contributed by atoms with van der Waals surface area (Å²) in [5.41, 5.74) is 0.877. The second-order valence-corrected chi connectivity index (χ2v) is 12.9. The molecule has 3 aromatic carbocycles. The van der Waals surface area contributed by atoms with Crippen molar-refractivity contribution < 1.29 is 18.0 Å². The van der Waals surface area contributed by atoms with E-state index in [0.29, 0.717) is 38.6 Å². The van der Waals surface area contributed by atoms with Crippen LogP contribution in [0.2, 0.25) is 10.0 Å². The molecule has 0 aliphatic carbocycles. The van der Waals surface area contributed by atoms with E-state index >= 15 is 0 Å². The number of nitrogens with one attached hydrogen (secondary N) is 1. The van der Waals surface area contributed by atoms with Gasteiger partial charge in [-0.1, -0.05) is 83.3 Å². The molecule has 11 heteroatoms. The predicted octanol–water partition coefficient (Wildman–Crippen LogP) is 6.67. The number of nitrogens with zero attached hydrogens (tertiary/aromatic N) is 2. The molecule has 2 amide bonds. The summed E-state index contributed by atoms with van der Waals surface area (Å²) in [6.07, 6.45) is 1.02. The number of carbonyl (C=O) groups is 2. The van der Waals surface area contributed by atoms with Gasteiger partial charge in [-0.2, -0.15) is 0 Å². The van der Waals surface area contributed by atoms with E-state index in [2.05, 4.69) is 21.2 Å². The highest BCUT2D eigenvalue weighted by molar-refractivity contribution is 9.10. The Morgan fingerprint density at radius 1 is 0.950 bits per heavy atom. The molecule has 2 atom stereocenters. The molecule has 0 saturated heterocycles. The molecule has 0 bridgehead atoms. The van der Waals surface area contributed by atoms with Crippen molar-refractivity contribution in [3.63, 3.8) is 0 Å². The first-order chi connectivity index (χ1) is 19.0. The molecule has 214 valence electrons. The average Bonchev–Trinajstić information content (AvgIpc) is 2.92. The Kier molecular flexibility index (Phi) is 11.5. The lowest BCUT2D eigenvalue weighted by Gasteiger charge is -2.34. The van der Waals surface area contributed by atoms with E-state index in [1.807, 2.05) is 13.8 Å². The van der Waals surface area contributed by atoms with Crippen molar-refractivity contribution in [1.29, 1.82) is 0 Å². The molecule has 0 aliphatic heterocycles. The van der Waals surface area contributed by atoms with Crippen molar-refractivity contribution in [3.05, 3.63) is 92.9 Å². The fourth-order valence-corrected chi connectivity index (χ4v) is 6.36. The summed E-state index contributed by atoms with van der Waals surface area (Å²) in [5, 5.41) is 3.72. The van der Waals surface area contributed by atoms with Crippen LogP contribution in [0.1, 0.15) is 39.2 Å².